The molecule has 9 heteroatoms. The highest BCUT2D eigenvalue weighted by molar-refractivity contribution is 7.89. The normalized spacial score (nSPS) is 10.9. The predicted molar refractivity (Wildman–Crippen MR) is 70.8 cm³/mol. The molecule has 1 aromatic carbocycles. The van der Waals surface area contributed by atoms with Crippen molar-refractivity contribution in [2.75, 3.05) is 16.4 Å². The molecule has 0 saturated heterocycles. The lowest BCUT2D eigenvalue weighted by molar-refractivity contribution is -0.115. The smallest absolute Gasteiger partial charge is 0.240 e. The minimum absolute atomic E-state index is 0.0862. The minimum Gasteiger partial charge on any atom is -0.395 e. The molecule has 8 nitrogen and oxygen atoms in total. The maximum absolute atomic E-state index is 11.4. The van der Waals surface area contributed by atoms with Crippen LogP contribution in [0.1, 0.15) is 13.8 Å². The van der Waals surface area contributed by atoms with Gasteiger partial charge in [-0.2, -0.15) is 0 Å². The van der Waals surface area contributed by atoms with Gasteiger partial charge in [-0.3, -0.25) is 9.59 Å². The SMILES string of the molecule is CC(=O)Nc1ccc(S(N)(=O)=O)c(NC(C)=O)c1N. The Bertz CT molecular complexity index is 639. The zero-order chi connectivity index (χ0) is 14.8. The summed E-state index contributed by atoms with van der Waals surface area (Å²) in [5, 5.41) is 9.73. The third kappa shape index (κ3) is 3.66. The monoisotopic (exact) mass is 286 g/mol. The van der Waals surface area contributed by atoms with Crippen LogP contribution in [0.4, 0.5) is 17.1 Å². The number of hydrogen-bond acceptors (Lipinski definition) is 5. The second-order valence-corrected chi connectivity index (χ2v) is 5.34. The van der Waals surface area contributed by atoms with Gasteiger partial charge >= 0.3 is 0 Å². The lowest BCUT2D eigenvalue weighted by Gasteiger charge is -2.15. The van der Waals surface area contributed by atoms with Crippen LogP contribution >= 0.6 is 0 Å². The van der Waals surface area contributed by atoms with E-state index in [1.807, 2.05) is 0 Å². The van der Waals surface area contributed by atoms with Crippen molar-refractivity contribution < 1.29 is 18.0 Å². The number of hydrogen-bond donors (Lipinski definition) is 4. The van der Waals surface area contributed by atoms with Gasteiger partial charge < -0.3 is 16.4 Å². The summed E-state index contributed by atoms with van der Waals surface area (Å²) in [7, 11) is -4.05. The molecule has 2 amide bonds. The highest BCUT2D eigenvalue weighted by Gasteiger charge is 2.20. The maximum atomic E-state index is 11.4. The van der Waals surface area contributed by atoms with Crippen LogP contribution in [0.25, 0.3) is 0 Å². The Hall–Kier alpha value is -2.13. The molecule has 0 radical (unpaired) electrons. The van der Waals surface area contributed by atoms with E-state index in [-0.39, 0.29) is 27.9 Å². The van der Waals surface area contributed by atoms with Crippen molar-refractivity contribution in [1.29, 1.82) is 0 Å². The van der Waals surface area contributed by atoms with Gasteiger partial charge in [0, 0.05) is 13.8 Å². The third-order valence-corrected chi connectivity index (χ3v) is 3.08. The zero-order valence-electron chi connectivity index (χ0n) is 10.4. The first-order valence-corrected chi connectivity index (χ1v) is 6.68. The van der Waals surface area contributed by atoms with E-state index in [4.69, 9.17) is 10.9 Å². The summed E-state index contributed by atoms with van der Waals surface area (Å²) in [5.74, 6) is -0.902. The first-order chi connectivity index (χ1) is 8.62. The Morgan fingerprint density at radius 2 is 1.63 bits per heavy atom. The summed E-state index contributed by atoms with van der Waals surface area (Å²) in [6.07, 6.45) is 0. The fourth-order valence-corrected chi connectivity index (χ4v) is 2.14. The highest BCUT2D eigenvalue weighted by atomic mass is 32.2. The molecular weight excluding hydrogens is 272 g/mol. The Labute approximate surface area is 110 Å². The van der Waals surface area contributed by atoms with Gasteiger partial charge in [0.1, 0.15) is 4.90 Å². The maximum Gasteiger partial charge on any atom is 0.240 e. The zero-order valence-corrected chi connectivity index (χ0v) is 11.2. The number of carbonyl (C=O) groups is 2. The van der Waals surface area contributed by atoms with E-state index in [0.29, 0.717) is 0 Å². The molecule has 0 unspecified atom stereocenters. The fourth-order valence-electron chi connectivity index (χ4n) is 1.44. The van der Waals surface area contributed by atoms with Crippen LogP contribution in [0, 0.1) is 0 Å². The Balaban J connectivity index is 3.49. The second-order valence-electron chi connectivity index (χ2n) is 3.81. The van der Waals surface area contributed by atoms with Crippen molar-refractivity contribution in [1.82, 2.24) is 0 Å². The molecule has 0 aliphatic carbocycles. The lowest BCUT2D eigenvalue weighted by atomic mass is 10.2. The summed E-state index contributed by atoms with van der Waals surface area (Å²) in [4.78, 5) is 21.7. The summed E-state index contributed by atoms with van der Waals surface area (Å²) in [6, 6.07) is 2.45. The van der Waals surface area contributed by atoms with E-state index in [1.165, 1.54) is 19.9 Å². The van der Waals surface area contributed by atoms with Crippen molar-refractivity contribution in [2.24, 2.45) is 5.14 Å². The molecule has 0 fully saturated rings. The largest absolute Gasteiger partial charge is 0.395 e. The molecule has 104 valence electrons. The molecular formula is C10H14N4O4S. The molecule has 6 N–H and O–H groups in total. The van der Waals surface area contributed by atoms with Gasteiger partial charge in [-0.1, -0.05) is 0 Å². The van der Waals surface area contributed by atoms with Crippen molar-refractivity contribution in [2.45, 2.75) is 18.7 Å². The van der Waals surface area contributed by atoms with E-state index in [2.05, 4.69) is 10.6 Å². The molecule has 1 aromatic rings. The molecule has 0 bridgehead atoms. The van der Waals surface area contributed by atoms with Crippen molar-refractivity contribution in [3.05, 3.63) is 12.1 Å². The van der Waals surface area contributed by atoms with Crippen LogP contribution in [0.2, 0.25) is 0 Å². The predicted octanol–water partition coefficient (Wildman–Crippen LogP) is -0.167. The van der Waals surface area contributed by atoms with Crippen LogP contribution in [0.15, 0.2) is 17.0 Å². The Morgan fingerprint density at radius 3 is 2.05 bits per heavy atom. The van der Waals surface area contributed by atoms with E-state index >= 15 is 0 Å². The first-order valence-electron chi connectivity index (χ1n) is 5.13. The molecule has 1 rings (SSSR count). The van der Waals surface area contributed by atoms with Crippen LogP contribution in [-0.2, 0) is 19.6 Å². The molecule has 0 spiro atoms. The lowest BCUT2D eigenvalue weighted by Crippen LogP contribution is -2.19. The van der Waals surface area contributed by atoms with Gasteiger partial charge in [0.25, 0.3) is 0 Å². The van der Waals surface area contributed by atoms with Gasteiger partial charge in [0.05, 0.1) is 17.1 Å². The van der Waals surface area contributed by atoms with Gasteiger partial charge in [0.15, 0.2) is 0 Å². The summed E-state index contributed by atoms with van der Waals surface area (Å²) in [6.45, 7) is 2.46. The molecule has 19 heavy (non-hydrogen) atoms. The molecule has 0 aliphatic rings. The van der Waals surface area contributed by atoms with E-state index in [0.717, 1.165) is 6.07 Å². The van der Waals surface area contributed by atoms with Crippen LogP contribution in [-0.4, -0.2) is 20.2 Å². The number of primary sulfonamides is 1. The molecule has 0 atom stereocenters. The van der Waals surface area contributed by atoms with E-state index in [9.17, 15) is 18.0 Å². The number of anilines is 3. The highest BCUT2D eigenvalue weighted by Crippen LogP contribution is 2.33. The summed E-state index contributed by atoms with van der Waals surface area (Å²) in [5.41, 5.74) is 5.67. The van der Waals surface area contributed by atoms with Crippen molar-refractivity contribution in [3.8, 4) is 0 Å². The van der Waals surface area contributed by atoms with Crippen LogP contribution in [0.3, 0.4) is 0 Å². The standard InChI is InChI=1S/C10H14N4O4S/c1-5(15)13-7-3-4-8(19(12,17)18)10(9(7)11)14-6(2)16/h3-4H,11H2,1-2H3,(H,13,15)(H,14,16)(H2,12,17,18). The number of nitrogen functional groups attached to an aromatic ring is 1. The van der Waals surface area contributed by atoms with Gasteiger partial charge in [-0.25, -0.2) is 13.6 Å². The van der Waals surface area contributed by atoms with Crippen LogP contribution in [0.5, 0.6) is 0 Å². The van der Waals surface area contributed by atoms with Crippen LogP contribution < -0.4 is 21.5 Å². The van der Waals surface area contributed by atoms with Gasteiger partial charge in [0.2, 0.25) is 21.8 Å². The quantitative estimate of drug-likeness (QED) is 0.570. The summed E-state index contributed by atoms with van der Waals surface area (Å²) < 4.78 is 22.8. The number of benzene rings is 1. The van der Waals surface area contributed by atoms with Crippen molar-refractivity contribution >= 4 is 38.9 Å². The second kappa shape index (κ2) is 5.24. The molecule has 0 aromatic heterocycles. The number of rotatable bonds is 3. The number of carbonyl (C=O) groups excluding carboxylic acids is 2. The third-order valence-electron chi connectivity index (χ3n) is 2.13. The van der Waals surface area contributed by atoms with Gasteiger partial charge in [-0.15, -0.1) is 0 Å². The Morgan fingerprint density at radius 1 is 1.11 bits per heavy atom. The average Bonchev–Trinajstić information content (AvgIpc) is 2.20. The average molecular weight is 286 g/mol. The van der Waals surface area contributed by atoms with Gasteiger partial charge in [-0.05, 0) is 12.1 Å². The topological polar surface area (TPSA) is 144 Å². The molecule has 0 saturated carbocycles. The number of nitrogens with one attached hydrogen (secondary N) is 2. The fraction of sp³-hybridized carbons (Fsp3) is 0.200. The van der Waals surface area contributed by atoms with E-state index < -0.39 is 15.9 Å². The number of amides is 2. The number of sulfonamides is 1. The first kappa shape index (κ1) is 14.9. The Kier molecular flexibility index (Phi) is 4.12. The van der Waals surface area contributed by atoms with Crippen molar-refractivity contribution in [3.63, 3.8) is 0 Å². The number of nitrogens with two attached hydrogens (primary N) is 2. The van der Waals surface area contributed by atoms with E-state index in [1.54, 1.807) is 0 Å². The minimum atomic E-state index is -4.05. The molecule has 0 aliphatic heterocycles. The summed E-state index contributed by atoms with van der Waals surface area (Å²) >= 11 is 0. The molecule has 0 heterocycles.